The van der Waals surface area contributed by atoms with Gasteiger partial charge in [0.1, 0.15) is 84.6 Å². The topological polar surface area (TPSA) is 642 Å². The van der Waals surface area contributed by atoms with Crippen LogP contribution in [0.2, 0.25) is 0 Å². The van der Waals surface area contributed by atoms with Crippen molar-refractivity contribution in [2.75, 3.05) is 37.2 Å². The van der Waals surface area contributed by atoms with Gasteiger partial charge in [0, 0.05) is 29.9 Å². The highest BCUT2D eigenvalue weighted by Crippen LogP contribution is 2.21. The SMILES string of the molecule is CCC(C)C(NC(=O)C(CO)NC(=O)C(C)NC(=O)C(CC(=O)O)NC(=O)C(CC(C)C)NC(=O)C(CO)NC(=O)C(N)C(C)O)C(=O)NC(C(=O)NC(Cc1c[nH]c2ccccc12)C(=O)NC(C)C(=O)NC(CCSC)C(=O)NC(CCSC)C(=O)NC(CCC(N)=O)C(=O)NC(CC(N)=O)C(=O)O)C(C)CC. The zero-order valence-corrected chi connectivity index (χ0v) is 64.5. The molecule has 39 nitrogen and oxygen atoms in total. The van der Waals surface area contributed by atoms with Crippen LogP contribution in [0.5, 0.6) is 0 Å². The fourth-order valence-electron chi connectivity index (χ4n) is 10.5. The third-order valence-corrected chi connectivity index (χ3v) is 18.7. The number of rotatable bonds is 51. The molecule has 15 amide bonds. The lowest BCUT2D eigenvalue weighted by molar-refractivity contribution is -0.144. The van der Waals surface area contributed by atoms with Crippen LogP contribution in [0.25, 0.3) is 10.9 Å². The molecule has 0 aliphatic rings. The number of nitrogens with two attached hydrogens (primary N) is 3. The summed E-state index contributed by atoms with van der Waals surface area (Å²) in [6.45, 7) is 11.5. The van der Waals surface area contributed by atoms with Gasteiger partial charge < -0.3 is 117 Å². The number of aliphatic carboxylic acids is 2. The molecule has 1 aromatic heterocycles. The lowest BCUT2D eigenvalue weighted by atomic mass is 9.94. The maximum atomic E-state index is 14.8. The molecule has 25 N–H and O–H groups in total. The highest BCUT2D eigenvalue weighted by atomic mass is 32.2. The number of carboxylic acids is 2. The lowest BCUT2D eigenvalue weighted by Gasteiger charge is -2.31. The molecule has 0 aliphatic carbocycles. The van der Waals surface area contributed by atoms with Crippen molar-refractivity contribution in [2.45, 2.75) is 217 Å². The molecule has 17 unspecified atom stereocenters. The maximum absolute atomic E-state index is 14.8. The number of carbonyl (C=O) groups excluding carboxylic acids is 15. The summed E-state index contributed by atoms with van der Waals surface area (Å²) in [6, 6.07) is -15.1. The summed E-state index contributed by atoms with van der Waals surface area (Å²) in [5, 5.41) is 81.6. The third-order valence-electron chi connectivity index (χ3n) is 17.4. The van der Waals surface area contributed by atoms with Crippen LogP contribution in [0.1, 0.15) is 126 Å². The molecule has 41 heteroatoms. The minimum atomic E-state index is -1.91. The predicted octanol–water partition coefficient (Wildman–Crippen LogP) is -5.91. The summed E-state index contributed by atoms with van der Waals surface area (Å²) in [6.07, 6.45) is 0.998. The molecule has 0 saturated carbocycles. The summed E-state index contributed by atoms with van der Waals surface area (Å²) in [5.74, 6) is -19.6. The van der Waals surface area contributed by atoms with Crippen molar-refractivity contribution in [3.05, 3.63) is 36.0 Å². The first-order valence-electron chi connectivity index (χ1n) is 35.3. The zero-order valence-electron chi connectivity index (χ0n) is 62.9. The Balaban J connectivity index is 2.44. The number of H-pyrrole nitrogens is 1. The third kappa shape index (κ3) is 32.6. The number of aliphatic hydroxyl groups excluding tert-OH is 3. The van der Waals surface area contributed by atoms with E-state index in [1.165, 1.54) is 37.4 Å². The molecule has 109 heavy (non-hydrogen) atoms. The van der Waals surface area contributed by atoms with E-state index in [9.17, 15) is 107 Å². The molecule has 610 valence electrons. The van der Waals surface area contributed by atoms with Crippen molar-refractivity contribution in [1.82, 2.24) is 74.1 Å². The summed E-state index contributed by atoms with van der Waals surface area (Å²) in [4.78, 5) is 231. The summed E-state index contributed by atoms with van der Waals surface area (Å²) < 4.78 is 0. The van der Waals surface area contributed by atoms with Gasteiger partial charge in [-0.25, -0.2) is 4.79 Å². The van der Waals surface area contributed by atoms with E-state index in [4.69, 9.17) is 17.2 Å². The minimum Gasteiger partial charge on any atom is -0.481 e. The van der Waals surface area contributed by atoms with Gasteiger partial charge >= 0.3 is 11.9 Å². The molecule has 17 atom stereocenters. The van der Waals surface area contributed by atoms with Gasteiger partial charge in [0.25, 0.3) is 0 Å². The predicted molar refractivity (Wildman–Crippen MR) is 399 cm³/mol. The van der Waals surface area contributed by atoms with Gasteiger partial charge in [0.15, 0.2) is 0 Å². The summed E-state index contributed by atoms with van der Waals surface area (Å²) >= 11 is 2.59. The van der Waals surface area contributed by atoms with Crippen LogP contribution < -0.4 is 86.3 Å². The number of benzene rings is 1. The number of aromatic amines is 1. The number of carboxylic acid groups (broad SMARTS) is 2. The average Bonchev–Trinajstić information content (AvgIpc) is 1.71. The second kappa shape index (κ2) is 48.0. The molecule has 0 aliphatic heterocycles. The van der Waals surface area contributed by atoms with Crippen LogP contribution in [0, 0.1) is 17.8 Å². The second-order valence-corrected chi connectivity index (χ2v) is 28.7. The number of nitrogens with one attached hydrogen (secondary N) is 14. The van der Waals surface area contributed by atoms with Gasteiger partial charge in [-0.3, -0.25) is 76.7 Å². The monoisotopic (exact) mass is 1580 g/mol. The second-order valence-electron chi connectivity index (χ2n) is 26.8. The largest absolute Gasteiger partial charge is 0.481 e. The van der Waals surface area contributed by atoms with E-state index in [1.807, 2.05) is 0 Å². The molecular formula is C68H109N17O22S2. The van der Waals surface area contributed by atoms with Crippen molar-refractivity contribution in [3.63, 3.8) is 0 Å². The first kappa shape index (κ1) is 95.4. The quantitative estimate of drug-likeness (QED) is 0.0293. The molecule has 0 radical (unpaired) electrons. The van der Waals surface area contributed by atoms with Gasteiger partial charge in [0.05, 0.1) is 32.2 Å². The Morgan fingerprint density at radius 2 is 0.835 bits per heavy atom. The first-order chi connectivity index (χ1) is 51.2. The molecule has 0 spiro atoms. The maximum Gasteiger partial charge on any atom is 0.326 e. The molecule has 0 saturated heterocycles. The number of aliphatic hydroxyl groups is 3. The van der Waals surface area contributed by atoms with E-state index in [-0.39, 0.29) is 55.9 Å². The molecule has 1 aromatic carbocycles. The zero-order chi connectivity index (χ0) is 82.7. The summed E-state index contributed by atoms with van der Waals surface area (Å²) in [7, 11) is 0. The van der Waals surface area contributed by atoms with Gasteiger partial charge in [-0.2, -0.15) is 23.5 Å². The smallest absolute Gasteiger partial charge is 0.326 e. The van der Waals surface area contributed by atoms with Gasteiger partial charge in [-0.1, -0.05) is 72.6 Å². The van der Waals surface area contributed by atoms with Crippen molar-refractivity contribution >= 4 is 135 Å². The Morgan fingerprint density at radius 3 is 1.28 bits per heavy atom. The molecule has 2 aromatic rings. The van der Waals surface area contributed by atoms with E-state index < -0.39 is 242 Å². The van der Waals surface area contributed by atoms with Crippen LogP contribution in [-0.4, -0.2) is 259 Å². The Kier molecular flexibility index (Phi) is 42.0. The van der Waals surface area contributed by atoms with E-state index in [0.29, 0.717) is 16.5 Å². The van der Waals surface area contributed by atoms with Crippen molar-refractivity contribution < 1.29 is 107 Å². The highest BCUT2D eigenvalue weighted by Gasteiger charge is 2.39. The number of primary amides is 2. The standard InChI is InChI=1S/C68H109N17O22S2/c1-12-32(5)53(85-67(105)54(33(6)13-2)84-64(102)48(30-87)82-56(94)35(8)74-61(99)45(27-51(91)92)79-62(100)43(24-31(3)4)78-63(101)47(29-86)83-65(103)52(71)36(9)88)66(104)80-44(25-37-28-72-39-17-15-14-16-38(37)39)60(98)73-34(7)55(93)75-41(20-22-108-10)58(96)77-42(21-23-109-11)59(97)76-40(18-19-49(69)89)57(95)81-46(68(106)107)26-50(70)90/h14-17,28,31-36,40-48,52-54,72,86-88H,12-13,18-27,29-30,71H2,1-11H3,(H2,69,89)(H2,70,90)(H,73,98)(H,74,99)(H,75,93)(H,76,97)(H,77,96)(H,78,101)(H,79,100)(H,80,104)(H,81,95)(H,82,94)(H,83,103)(H,84,102)(H,85,105)(H,91,92)(H,106,107). The lowest BCUT2D eigenvalue weighted by Crippen LogP contribution is -2.62. The Morgan fingerprint density at radius 1 is 0.450 bits per heavy atom. The van der Waals surface area contributed by atoms with Gasteiger partial charge in [-0.05, 0) is 99.9 Å². The average molecular weight is 1580 g/mol. The first-order valence-corrected chi connectivity index (χ1v) is 38.1. The molecular weight excluding hydrogens is 1470 g/mol. The molecule has 0 bridgehead atoms. The Bertz CT molecular complexity index is 3490. The molecule has 0 fully saturated rings. The van der Waals surface area contributed by atoms with Crippen LogP contribution in [0.15, 0.2) is 30.5 Å². The van der Waals surface area contributed by atoms with Gasteiger partial charge in [-0.15, -0.1) is 0 Å². The van der Waals surface area contributed by atoms with Crippen LogP contribution >= 0.6 is 23.5 Å². The number of hydrogen-bond acceptors (Lipinski definition) is 23. The minimum absolute atomic E-state index is 0.0248. The number of thioether (sulfide) groups is 2. The molecule has 2 rings (SSSR count). The van der Waals surface area contributed by atoms with E-state index in [2.05, 4.69) is 74.1 Å². The van der Waals surface area contributed by atoms with Crippen LogP contribution in [0.3, 0.4) is 0 Å². The number of carbonyl (C=O) groups is 17. The molecule has 1 heterocycles. The Hall–Kier alpha value is -9.71. The fraction of sp³-hybridized carbons (Fsp3) is 0.632. The van der Waals surface area contributed by atoms with E-state index >= 15 is 0 Å². The number of fused-ring (bicyclic) bond motifs is 1. The normalized spacial score (nSPS) is 15.9. The van der Waals surface area contributed by atoms with E-state index in [0.717, 1.165) is 6.92 Å². The number of aromatic nitrogens is 1. The van der Waals surface area contributed by atoms with Crippen molar-refractivity contribution in [2.24, 2.45) is 35.0 Å². The van der Waals surface area contributed by atoms with Crippen molar-refractivity contribution in [1.29, 1.82) is 0 Å². The van der Waals surface area contributed by atoms with Crippen molar-refractivity contribution in [3.8, 4) is 0 Å². The Labute approximate surface area is 638 Å². The highest BCUT2D eigenvalue weighted by molar-refractivity contribution is 7.98. The number of para-hydroxylation sites is 1. The van der Waals surface area contributed by atoms with Gasteiger partial charge in [0.2, 0.25) is 88.6 Å². The van der Waals surface area contributed by atoms with E-state index in [1.54, 1.807) is 84.5 Å². The number of amides is 15. The number of hydrogen-bond donors (Lipinski definition) is 22. The van der Waals surface area contributed by atoms with Crippen LogP contribution in [-0.2, 0) is 87.9 Å². The fourth-order valence-corrected chi connectivity index (χ4v) is 11.5. The van der Waals surface area contributed by atoms with Crippen LogP contribution in [0.4, 0.5) is 0 Å². The summed E-state index contributed by atoms with van der Waals surface area (Å²) in [5.41, 5.74) is 17.3.